The molecular weight excluding hydrogens is 272 g/mol. The number of ether oxygens (including phenoxy) is 2. The zero-order valence-corrected chi connectivity index (χ0v) is 13.3. The molecular formula is C15H24N2O4. The number of aromatic nitrogens is 2. The highest BCUT2D eigenvalue weighted by Gasteiger charge is 2.43. The summed E-state index contributed by atoms with van der Waals surface area (Å²) in [5, 5.41) is 4.02. The van der Waals surface area contributed by atoms with Gasteiger partial charge in [0, 0.05) is 7.11 Å². The summed E-state index contributed by atoms with van der Waals surface area (Å²) in [5.41, 5.74) is -0.175. The second kappa shape index (κ2) is 6.13. The smallest absolute Gasteiger partial charge is 0.315 e. The van der Waals surface area contributed by atoms with E-state index in [2.05, 4.69) is 24.0 Å². The Kier molecular flexibility index (Phi) is 4.66. The van der Waals surface area contributed by atoms with Gasteiger partial charge >= 0.3 is 5.97 Å². The Balaban J connectivity index is 2.10. The Morgan fingerprint density at radius 1 is 1.29 bits per heavy atom. The molecule has 0 spiro atoms. The van der Waals surface area contributed by atoms with E-state index in [1.165, 1.54) is 0 Å². The molecule has 0 bridgehead atoms. The maximum atomic E-state index is 11.5. The molecule has 2 rings (SSSR count). The second-order valence-electron chi connectivity index (χ2n) is 6.36. The van der Waals surface area contributed by atoms with Gasteiger partial charge in [-0.3, -0.25) is 4.79 Å². The molecule has 0 radical (unpaired) electrons. The van der Waals surface area contributed by atoms with E-state index in [4.69, 9.17) is 14.0 Å². The maximum absolute atomic E-state index is 11.5. The molecule has 1 aromatic rings. The maximum Gasteiger partial charge on any atom is 0.315 e. The SMILES string of the molecule is CCOC(=O)Cc1nc(C2(OC)CCC(C)(C)CC2)no1. The standard InChI is InChI=1S/C15H24N2O4/c1-5-20-12(18)10-11-16-13(17-21-11)15(19-4)8-6-14(2,3)7-9-15/h5-10H2,1-4H3. The summed E-state index contributed by atoms with van der Waals surface area (Å²) in [5.74, 6) is 0.466. The van der Waals surface area contributed by atoms with Crippen molar-refractivity contribution in [1.82, 2.24) is 10.1 Å². The van der Waals surface area contributed by atoms with Gasteiger partial charge in [-0.1, -0.05) is 19.0 Å². The molecule has 1 saturated carbocycles. The molecule has 1 aromatic heterocycles. The Labute approximate surface area is 125 Å². The van der Waals surface area contributed by atoms with Crippen LogP contribution >= 0.6 is 0 Å². The average molecular weight is 296 g/mol. The lowest BCUT2D eigenvalue weighted by molar-refractivity contribution is -0.142. The third-order valence-electron chi connectivity index (χ3n) is 4.28. The molecule has 1 aliphatic carbocycles. The van der Waals surface area contributed by atoms with E-state index < -0.39 is 5.60 Å². The molecule has 1 fully saturated rings. The highest BCUT2D eigenvalue weighted by molar-refractivity contribution is 5.71. The van der Waals surface area contributed by atoms with E-state index in [-0.39, 0.29) is 18.3 Å². The fraction of sp³-hybridized carbons (Fsp3) is 0.800. The molecule has 0 aliphatic heterocycles. The minimum absolute atomic E-state index is 0.00608. The van der Waals surface area contributed by atoms with Crippen LogP contribution in [0.15, 0.2) is 4.52 Å². The normalized spacial score (nSPS) is 20.2. The first kappa shape index (κ1) is 15.9. The van der Waals surface area contributed by atoms with Gasteiger partial charge in [0.25, 0.3) is 0 Å². The third-order valence-corrected chi connectivity index (χ3v) is 4.28. The Hall–Kier alpha value is -1.43. The molecule has 0 saturated heterocycles. The van der Waals surface area contributed by atoms with Gasteiger partial charge < -0.3 is 14.0 Å². The van der Waals surface area contributed by atoms with Crippen molar-refractivity contribution in [3.63, 3.8) is 0 Å². The summed E-state index contributed by atoms with van der Waals surface area (Å²) in [4.78, 5) is 15.8. The summed E-state index contributed by atoms with van der Waals surface area (Å²) in [7, 11) is 1.68. The van der Waals surface area contributed by atoms with E-state index in [1.807, 2.05) is 0 Å². The molecule has 0 atom stereocenters. The number of hydrogen-bond donors (Lipinski definition) is 0. The van der Waals surface area contributed by atoms with E-state index in [9.17, 15) is 4.79 Å². The van der Waals surface area contributed by atoms with E-state index in [0.717, 1.165) is 25.7 Å². The summed E-state index contributed by atoms with van der Waals surface area (Å²) in [6.45, 7) is 6.63. The lowest BCUT2D eigenvalue weighted by Crippen LogP contribution is -2.37. The lowest BCUT2D eigenvalue weighted by Gasteiger charge is -2.40. The average Bonchev–Trinajstić information content (AvgIpc) is 2.89. The molecule has 1 aliphatic rings. The van der Waals surface area contributed by atoms with Crippen molar-refractivity contribution in [2.24, 2.45) is 5.41 Å². The van der Waals surface area contributed by atoms with Crippen LogP contribution < -0.4 is 0 Å². The molecule has 0 N–H and O–H groups in total. The zero-order valence-electron chi connectivity index (χ0n) is 13.3. The number of carbonyl (C=O) groups is 1. The Bertz CT molecular complexity index is 486. The van der Waals surface area contributed by atoms with Crippen LogP contribution in [0.5, 0.6) is 0 Å². The quantitative estimate of drug-likeness (QED) is 0.778. The van der Waals surface area contributed by atoms with Gasteiger partial charge in [0.15, 0.2) is 0 Å². The van der Waals surface area contributed by atoms with Gasteiger partial charge in [-0.2, -0.15) is 4.98 Å². The minimum atomic E-state index is -0.494. The number of nitrogens with zero attached hydrogens (tertiary/aromatic N) is 2. The van der Waals surface area contributed by atoms with E-state index >= 15 is 0 Å². The van der Waals surface area contributed by atoms with Crippen molar-refractivity contribution in [2.75, 3.05) is 13.7 Å². The van der Waals surface area contributed by atoms with Crippen molar-refractivity contribution in [1.29, 1.82) is 0 Å². The van der Waals surface area contributed by atoms with E-state index in [1.54, 1.807) is 14.0 Å². The fourth-order valence-corrected chi connectivity index (χ4v) is 2.70. The van der Waals surface area contributed by atoms with E-state index in [0.29, 0.717) is 17.8 Å². The lowest BCUT2D eigenvalue weighted by atomic mass is 9.70. The van der Waals surface area contributed by atoms with Crippen LogP contribution in [0.1, 0.15) is 58.2 Å². The molecule has 0 amide bonds. The molecule has 6 nitrogen and oxygen atoms in total. The molecule has 6 heteroatoms. The number of methoxy groups -OCH3 is 1. The van der Waals surface area contributed by atoms with Gasteiger partial charge in [-0.15, -0.1) is 0 Å². The van der Waals surface area contributed by atoms with Gasteiger partial charge in [-0.25, -0.2) is 0 Å². The summed E-state index contributed by atoms with van der Waals surface area (Å²) < 4.78 is 15.8. The van der Waals surface area contributed by atoms with Crippen LogP contribution in [0.4, 0.5) is 0 Å². The van der Waals surface area contributed by atoms with Crippen molar-refractivity contribution in [3.8, 4) is 0 Å². The van der Waals surface area contributed by atoms with Crippen LogP contribution in [0.3, 0.4) is 0 Å². The number of rotatable bonds is 5. The fourth-order valence-electron chi connectivity index (χ4n) is 2.70. The summed E-state index contributed by atoms with van der Waals surface area (Å²) >= 11 is 0. The largest absolute Gasteiger partial charge is 0.466 e. The molecule has 118 valence electrons. The summed E-state index contributed by atoms with van der Waals surface area (Å²) in [6, 6.07) is 0. The number of hydrogen-bond acceptors (Lipinski definition) is 6. The molecule has 1 heterocycles. The first-order chi connectivity index (χ1) is 9.91. The predicted octanol–water partition coefficient (Wildman–Crippen LogP) is 2.62. The van der Waals surface area contributed by atoms with Crippen LogP contribution in [0, 0.1) is 5.41 Å². The molecule has 21 heavy (non-hydrogen) atoms. The van der Waals surface area contributed by atoms with Crippen molar-refractivity contribution in [3.05, 3.63) is 11.7 Å². The molecule has 0 aromatic carbocycles. The van der Waals surface area contributed by atoms with Gasteiger partial charge in [0.1, 0.15) is 12.0 Å². The van der Waals surface area contributed by atoms with Crippen LogP contribution in [0.2, 0.25) is 0 Å². The number of esters is 1. The van der Waals surface area contributed by atoms with Crippen LogP contribution in [0.25, 0.3) is 0 Å². The topological polar surface area (TPSA) is 74.5 Å². The Morgan fingerprint density at radius 2 is 1.95 bits per heavy atom. The highest BCUT2D eigenvalue weighted by atomic mass is 16.5. The monoisotopic (exact) mass is 296 g/mol. The molecule has 0 unspecified atom stereocenters. The first-order valence-electron chi connectivity index (χ1n) is 7.45. The summed E-state index contributed by atoms with van der Waals surface area (Å²) in [6.07, 6.45) is 3.81. The van der Waals surface area contributed by atoms with Gasteiger partial charge in [0.2, 0.25) is 11.7 Å². The zero-order chi connectivity index (χ0) is 15.5. The van der Waals surface area contributed by atoms with Gasteiger partial charge in [0.05, 0.1) is 6.61 Å². The van der Waals surface area contributed by atoms with Crippen LogP contribution in [-0.2, 0) is 26.3 Å². The van der Waals surface area contributed by atoms with Gasteiger partial charge in [-0.05, 0) is 38.0 Å². The third kappa shape index (κ3) is 3.61. The first-order valence-corrected chi connectivity index (χ1v) is 7.45. The Morgan fingerprint density at radius 3 is 2.52 bits per heavy atom. The van der Waals surface area contributed by atoms with Crippen molar-refractivity contribution in [2.45, 2.75) is 58.5 Å². The number of carbonyl (C=O) groups excluding carboxylic acids is 1. The van der Waals surface area contributed by atoms with Crippen molar-refractivity contribution < 1.29 is 18.8 Å². The predicted molar refractivity (Wildman–Crippen MR) is 75.6 cm³/mol. The van der Waals surface area contributed by atoms with Crippen molar-refractivity contribution >= 4 is 5.97 Å². The van der Waals surface area contributed by atoms with Crippen LogP contribution in [-0.4, -0.2) is 29.8 Å². The second-order valence-corrected chi connectivity index (χ2v) is 6.36. The minimum Gasteiger partial charge on any atom is -0.466 e. The highest BCUT2D eigenvalue weighted by Crippen LogP contribution is 2.46.